The van der Waals surface area contributed by atoms with Gasteiger partial charge in [0, 0.05) is 29.4 Å². The van der Waals surface area contributed by atoms with Gasteiger partial charge in [-0.15, -0.1) is 0 Å². The van der Waals surface area contributed by atoms with E-state index in [0.717, 1.165) is 10.8 Å². The number of sulfonamides is 1. The van der Waals surface area contributed by atoms with E-state index in [9.17, 15) is 13.2 Å². The summed E-state index contributed by atoms with van der Waals surface area (Å²) in [7, 11) is -3.73. The highest BCUT2D eigenvalue weighted by molar-refractivity contribution is 7.89. The Morgan fingerprint density at radius 3 is 2.43 bits per heavy atom. The summed E-state index contributed by atoms with van der Waals surface area (Å²) in [6.45, 7) is 0.0750. The average molecular weight is 305 g/mol. The fourth-order valence-corrected chi connectivity index (χ4v) is 3.41. The smallest absolute Gasteiger partial charge is 0.228 e. The van der Waals surface area contributed by atoms with E-state index in [0.29, 0.717) is 11.4 Å². The van der Waals surface area contributed by atoms with Crippen molar-refractivity contribution in [2.24, 2.45) is 5.14 Å². The lowest BCUT2D eigenvalue weighted by Crippen LogP contribution is -2.32. The molecule has 0 saturated carbocycles. The molecule has 0 radical (unpaired) electrons. The van der Waals surface area contributed by atoms with Gasteiger partial charge < -0.3 is 10.6 Å². The predicted molar refractivity (Wildman–Crippen MR) is 82.2 cm³/mol. The lowest BCUT2D eigenvalue weighted by atomic mass is 10.1. The quantitative estimate of drug-likeness (QED) is 0.801. The van der Waals surface area contributed by atoms with E-state index in [-0.39, 0.29) is 18.9 Å². The third-order valence-electron chi connectivity index (χ3n) is 3.78. The maximum atomic E-state index is 12.1. The SMILES string of the molecule is Nc1cccc2c(N3CC(S(N)(=O)=O)CC3=O)cccc12. The van der Waals surface area contributed by atoms with Crippen molar-refractivity contribution in [1.82, 2.24) is 0 Å². The minimum atomic E-state index is -3.73. The highest BCUT2D eigenvalue weighted by Crippen LogP contribution is 2.33. The van der Waals surface area contributed by atoms with Gasteiger partial charge in [0.15, 0.2) is 0 Å². The molecular formula is C14H15N3O3S. The van der Waals surface area contributed by atoms with Gasteiger partial charge in [-0.2, -0.15) is 0 Å². The second kappa shape index (κ2) is 4.71. The summed E-state index contributed by atoms with van der Waals surface area (Å²) in [6, 6.07) is 10.9. The van der Waals surface area contributed by atoms with Crippen LogP contribution in [0.3, 0.4) is 0 Å². The van der Waals surface area contributed by atoms with Crippen molar-refractivity contribution in [2.45, 2.75) is 11.7 Å². The van der Waals surface area contributed by atoms with Crippen LogP contribution in [0.25, 0.3) is 10.8 Å². The summed E-state index contributed by atoms with van der Waals surface area (Å²) in [6.07, 6.45) is -0.0858. The van der Waals surface area contributed by atoms with Crippen LogP contribution < -0.4 is 15.8 Å². The van der Waals surface area contributed by atoms with Crippen LogP contribution in [0.2, 0.25) is 0 Å². The molecule has 1 amide bonds. The van der Waals surface area contributed by atoms with Crippen molar-refractivity contribution in [2.75, 3.05) is 17.2 Å². The summed E-state index contributed by atoms with van der Waals surface area (Å²) >= 11 is 0. The van der Waals surface area contributed by atoms with Crippen LogP contribution in [0.1, 0.15) is 6.42 Å². The van der Waals surface area contributed by atoms with Crippen molar-refractivity contribution in [3.05, 3.63) is 36.4 Å². The first-order chi connectivity index (χ1) is 9.88. The number of nitrogen functional groups attached to an aromatic ring is 1. The molecule has 1 atom stereocenters. The Hall–Kier alpha value is -2.12. The largest absolute Gasteiger partial charge is 0.398 e. The van der Waals surface area contributed by atoms with Gasteiger partial charge >= 0.3 is 0 Å². The van der Waals surface area contributed by atoms with E-state index >= 15 is 0 Å². The van der Waals surface area contributed by atoms with E-state index in [1.807, 2.05) is 12.1 Å². The van der Waals surface area contributed by atoms with Gasteiger partial charge in [0.1, 0.15) is 5.25 Å². The number of carbonyl (C=O) groups excluding carboxylic acids is 1. The zero-order chi connectivity index (χ0) is 15.2. The molecule has 3 rings (SSSR count). The first-order valence-corrected chi connectivity index (χ1v) is 8.08. The van der Waals surface area contributed by atoms with Crippen LogP contribution in [0.4, 0.5) is 11.4 Å². The standard InChI is InChI=1S/C14H15N3O3S/c15-12-5-1-4-11-10(12)3-2-6-13(11)17-8-9(7-14(17)18)21(16,19)20/h1-6,9H,7-8,15H2,(H2,16,19,20). The molecule has 1 heterocycles. The molecule has 1 fully saturated rings. The normalized spacial score (nSPS) is 19.4. The van der Waals surface area contributed by atoms with E-state index in [1.165, 1.54) is 4.90 Å². The molecule has 4 N–H and O–H groups in total. The summed E-state index contributed by atoms with van der Waals surface area (Å²) < 4.78 is 22.9. The number of rotatable bonds is 2. The number of anilines is 2. The molecule has 2 aromatic rings. The van der Waals surface area contributed by atoms with Crippen LogP contribution >= 0.6 is 0 Å². The van der Waals surface area contributed by atoms with Crippen molar-refractivity contribution >= 4 is 38.1 Å². The molecule has 1 aliphatic rings. The number of nitrogens with zero attached hydrogens (tertiary/aromatic N) is 1. The second-order valence-corrected chi connectivity index (χ2v) is 6.98. The summed E-state index contributed by atoms with van der Waals surface area (Å²) in [5, 5.41) is 5.95. The van der Waals surface area contributed by atoms with Crippen LogP contribution in [-0.4, -0.2) is 26.1 Å². The average Bonchev–Trinajstić information content (AvgIpc) is 2.81. The maximum absolute atomic E-state index is 12.1. The first kappa shape index (κ1) is 13.8. The Balaban J connectivity index is 2.10. The number of carbonyl (C=O) groups is 1. The number of hydrogen-bond acceptors (Lipinski definition) is 4. The molecule has 0 bridgehead atoms. The number of nitrogens with two attached hydrogens (primary N) is 2. The van der Waals surface area contributed by atoms with Crippen molar-refractivity contribution in [3.8, 4) is 0 Å². The van der Waals surface area contributed by atoms with Gasteiger partial charge in [0.2, 0.25) is 15.9 Å². The van der Waals surface area contributed by atoms with Gasteiger partial charge in [0.05, 0.1) is 5.69 Å². The Kier molecular flexibility index (Phi) is 3.11. The topological polar surface area (TPSA) is 106 Å². The van der Waals surface area contributed by atoms with Crippen molar-refractivity contribution in [3.63, 3.8) is 0 Å². The second-order valence-electron chi connectivity index (χ2n) is 5.14. The first-order valence-electron chi connectivity index (χ1n) is 6.47. The third kappa shape index (κ3) is 2.34. The van der Waals surface area contributed by atoms with Gasteiger partial charge in [0.25, 0.3) is 0 Å². The zero-order valence-corrected chi connectivity index (χ0v) is 12.0. The Morgan fingerprint density at radius 2 is 1.76 bits per heavy atom. The van der Waals surface area contributed by atoms with Crippen molar-refractivity contribution in [1.29, 1.82) is 0 Å². The molecule has 6 nitrogen and oxygen atoms in total. The molecule has 7 heteroatoms. The third-order valence-corrected chi connectivity index (χ3v) is 5.02. The highest BCUT2D eigenvalue weighted by Gasteiger charge is 2.37. The Bertz CT molecular complexity index is 832. The van der Waals surface area contributed by atoms with Gasteiger partial charge in [-0.1, -0.05) is 24.3 Å². The lowest BCUT2D eigenvalue weighted by molar-refractivity contribution is -0.117. The van der Waals surface area contributed by atoms with E-state index in [1.54, 1.807) is 24.3 Å². The molecule has 110 valence electrons. The summed E-state index contributed by atoms with van der Waals surface area (Å²) in [4.78, 5) is 13.6. The fourth-order valence-electron chi connectivity index (χ4n) is 2.68. The fraction of sp³-hybridized carbons (Fsp3) is 0.214. The van der Waals surface area contributed by atoms with E-state index < -0.39 is 15.3 Å². The van der Waals surface area contributed by atoms with E-state index in [2.05, 4.69) is 0 Å². The van der Waals surface area contributed by atoms with E-state index in [4.69, 9.17) is 10.9 Å². The molecule has 0 aliphatic carbocycles. The molecule has 0 aromatic heterocycles. The van der Waals surface area contributed by atoms with Crippen LogP contribution in [0.15, 0.2) is 36.4 Å². The number of primary sulfonamides is 1. The minimum absolute atomic E-state index is 0.0750. The monoisotopic (exact) mass is 305 g/mol. The van der Waals surface area contributed by atoms with Gasteiger partial charge in [-0.3, -0.25) is 4.79 Å². The Morgan fingerprint density at radius 1 is 1.10 bits per heavy atom. The lowest BCUT2D eigenvalue weighted by Gasteiger charge is -2.19. The van der Waals surface area contributed by atoms with Crippen LogP contribution in [-0.2, 0) is 14.8 Å². The van der Waals surface area contributed by atoms with Gasteiger partial charge in [-0.25, -0.2) is 13.6 Å². The molecule has 21 heavy (non-hydrogen) atoms. The number of benzene rings is 2. The summed E-state index contributed by atoms with van der Waals surface area (Å²) in [5.41, 5.74) is 7.21. The number of amides is 1. The molecule has 1 aliphatic heterocycles. The van der Waals surface area contributed by atoms with Crippen molar-refractivity contribution < 1.29 is 13.2 Å². The molecule has 2 aromatic carbocycles. The van der Waals surface area contributed by atoms with Gasteiger partial charge in [-0.05, 0) is 12.1 Å². The minimum Gasteiger partial charge on any atom is -0.398 e. The van der Waals surface area contributed by atoms with Crippen LogP contribution in [0, 0.1) is 0 Å². The molecule has 0 spiro atoms. The molecular weight excluding hydrogens is 290 g/mol. The predicted octanol–water partition coefficient (Wildman–Crippen LogP) is 0.816. The molecule has 1 saturated heterocycles. The number of hydrogen-bond donors (Lipinski definition) is 2. The maximum Gasteiger partial charge on any atom is 0.228 e. The summed E-state index contributed by atoms with van der Waals surface area (Å²) in [5.74, 6) is -0.246. The highest BCUT2D eigenvalue weighted by atomic mass is 32.2. The number of fused-ring (bicyclic) bond motifs is 1. The zero-order valence-electron chi connectivity index (χ0n) is 11.2. The van der Waals surface area contributed by atoms with Crippen LogP contribution in [0.5, 0.6) is 0 Å². The Labute approximate surface area is 122 Å². The molecule has 1 unspecified atom stereocenters.